The molecule has 0 aliphatic carbocycles. The summed E-state index contributed by atoms with van der Waals surface area (Å²) in [6.07, 6.45) is -3.72. The number of rotatable bonds is 4. The van der Waals surface area contributed by atoms with Gasteiger partial charge in [0, 0.05) is 13.1 Å². The van der Waals surface area contributed by atoms with Gasteiger partial charge in [0.1, 0.15) is 11.2 Å². The van der Waals surface area contributed by atoms with Gasteiger partial charge in [-0.25, -0.2) is 18.4 Å². The minimum absolute atomic E-state index is 0.0193. The van der Waals surface area contributed by atoms with Crippen molar-refractivity contribution < 1.29 is 26.8 Å². The highest BCUT2D eigenvalue weighted by Crippen LogP contribution is 2.31. The Hall–Kier alpha value is -3.09. The lowest BCUT2D eigenvalue weighted by Gasteiger charge is -2.09. The lowest BCUT2D eigenvalue weighted by molar-refractivity contribution is -0.141. The fraction of sp³-hybridized carbons (Fsp3) is 0.267. The molecule has 1 N–H and O–H groups in total. The van der Waals surface area contributed by atoms with E-state index in [1.807, 2.05) is 0 Å². The highest BCUT2D eigenvalue weighted by Gasteiger charge is 2.34. The molecule has 0 atom stereocenters. The van der Waals surface area contributed by atoms with E-state index in [0.717, 1.165) is 12.3 Å². The summed E-state index contributed by atoms with van der Waals surface area (Å²) in [6.45, 7) is 1.44. The van der Waals surface area contributed by atoms with Gasteiger partial charge in [0.2, 0.25) is 0 Å². The number of pyridine rings is 1. The van der Waals surface area contributed by atoms with Gasteiger partial charge >= 0.3 is 6.18 Å². The lowest BCUT2D eigenvalue weighted by Crippen LogP contribution is -2.10. The van der Waals surface area contributed by atoms with Crippen molar-refractivity contribution in [2.24, 2.45) is 12.2 Å². The van der Waals surface area contributed by atoms with Gasteiger partial charge in [-0.1, -0.05) is 12.1 Å². The number of oxime groups is 1. The Labute approximate surface area is 156 Å². The molecule has 3 heterocycles. The first-order valence-corrected chi connectivity index (χ1v) is 9.42. The summed E-state index contributed by atoms with van der Waals surface area (Å²) >= 11 is 0. The molecule has 0 unspecified atom stereocenters. The third kappa shape index (κ3) is 3.40. The minimum Gasteiger partial charge on any atom is -0.411 e. The van der Waals surface area contributed by atoms with E-state index in [1.54, 1.807) is 0 Å². The Bertz CT molecular complexity index is 1190. The van der Waals surface area contributed by atoms with Crippen LogP contribution < -0.4 is 0 Å². The van der Waals surface area contributed by atoms with Gasteiger partial charge in [-0.3, -0.25) is 0 Å². The largest absolute Gasteiger partial charge is 0.435 e. The zero-order valence-electron chi connectivity index (χ0n) is 14.5. The summed E-state index contributed by atoms with van der Waals surface area (Å²) in [5, 5.41) is 18.2. The Morgan fingerprint density at radius 2 is 1.96 bits per heavy atom. The summed E-state index contributed by atoms with van der Waals surface area (Å²) in [5.74, 6) is -0.249. The first-order chi connectivity index (χ1) is 13.1. The van der Waals surface area contributed by atoms with Crippen LogP contribution in [0.2, 0.25) is 0 Å². The number of aromatic nitrogens is 5. The number of hydrogen-bond donors (Lipinski definition) is 1. The van der Waals surface area contributed by atoms with Gasteiger partial charge < -0.3 is 9.77 Å². The standard InChI is InChI=1S/C15H13F3N6O3S/c1-3-28(26,27)10-5-4-8(7-19-25)20-12(10)14-21-9-6-11(15(16,17)18)22-23-13(9)24(14)2/h4-7,25H,3H2,1-2H3. The highest BCUT2D eigenvalue weighted by atomic mass is 32.2. The van der Waals surface area contributed by atoms with E-state index in [0.29, 0.717) is 0 Å². The fourth-order valence-corrected chi connectivity index (χ4v) is 3.51. The van der Waals surface area contributed by atoms with E-state index in [9.17, 15) is 21.6 Å². The number of fused-ring (bicyclic) bond motifs is 1. The Balaban J connectivity index is 2.31. The van der Waals surface area contributed by atoms with Crippen LogP contribution in [0.5, 0.6) is 0 Å². The third-order valence-electron chi connectivity index (χ3n) is 3.90. The number of alkyl halides is 3. The Morgan fingerprint density at radius 3 is 2.57 bits per heavy atom. The van der Waals surface area contributed by atoms with Crippen molar-refractivity contribution in [3.8, 4) is 11.5 Å². The molecule has 0 radical (unpaired) electrons. The van der Waals surface area contributed by atoms with Crippen molar-refractivity contribution >= 4 is 27.2 Å². The predicted molar refractivity (Wildman–Crippen MR) is 91.6 cm³/mol. The molecule has 0 bridgehead atoms. The van der Waals surface area contributed by atoms with Crippen molar-refractivity contribution in [2.45, 2.75) is 18.0 Å². The molecule has 0 saturated heterocycles. The normalized spacial score (nSPS) is 12.9. The van der Waals surface area contributed by atoms with Crippen LogP contribution in [0.3, 0.4) is 0 Å². The predicted octanol–water partition coefficient (Wildman–Crippen LogP) is 2.05. The van der Waals surface area contributed by atoms with Crippen LogP contribution in [-0.4, -0.2) is 50.3 Å². The van der Waals surface area contributed by atoms with E-state index in [2.05, 4.69) is 25.3 Å². The van der Waals surface area contributed by atoms with Crippen molar-refractivity contribution in [3.05, 3.63) is 29.6 Å². The first-order valence-electron chi connectivity index (χ1n) is 7.77. The van der Waals surface area contributed by atoms with Gasteiger partial charge in [-0.05, 0) is 12.1 Å². The summed E-state index contributed by atoms with van der Waals surface area (Å²) in [6, 6.07) is 3.32. The maximum atomic E-state index is 12.9. The summed E-state index contributed by atoms with van der Waals surface area (Å²) in [5.41, 5.74) is -1.30. The quantitative estimate of drug-likeness (QED) is 0.394. The number of hydrogen-bond acceptors (Lipinski definition) is 8. The van der Waals surface area contributed by atoms with Crippen LogP contribution in [0.1, 0.15) is 18.3 Å². The van der Waals surface area contributed by atoms with Crippen LogP contribution in [0.15, 0.2) is 28.3 Å². The van der Waals surface area contributed by atoms with Crippen LogP contribution in [-0.2, 0) is 23.1 Å². The molecule has 0 aliphatic rings. The molecule has 148 valence electrons. The average Bonchev–Trinajstić information content (AvgIpc) is 2.97. The number of aryl methyl sites for hydroxylation is 1. The van der Waals surface area contributed by atoms with Crippen LogP contribution >= 0.6 is 0 Å². The van der Waals surface area contributed by atoms with Crippen molar-refractivity contribution in [1.82, 2.24) is 24.7 Å². The Kier molecular flexibility index (Phi) is 4.79. The molecule has 0 saturated carbocycles. The van der Waals surface area contributed by atoms with Gasteiger partial charge in [0.05, 0.1) is 22.6 Å². The van der Waals surface area contributed by atoms with E-state index in [4.69, 9.17) is 5.21 Å². The van der Waals surface area contributed by atoms with Gasteiger partial charge in [0.15, 0.2) is 27.0 Å². The average molecular weight is 414 g/mol. The zero-order valence-corrected chi connectivity index (χ0v) is 15.3. The highest BCUT2D eigenvalue weighted by molar-refractivity contribution is 7.91. The molecule has 0 amide bonds. The lowest BCUT2D eigenvalue weighted by atomic mass is 10.3. The number of sulfone groups is 1. The smallest absolute Gasteiger partial charge is 0.411 e. The van der Waals surface area contributed by atoms with E-state index in [1.165, 1.54) is 30.7 Å². The molecule has 28 heavy (non-hydrogen) atoms. The zero-order chi connectivity index (χ0) is 20.7. The maximum Gasteiger partial charge on any atom is 0.435 e. The fourth-order valence-electron chi connectivity index (χ4n) is 2.50. The Morgan fingerprint density at radius 1 is 1.25 bits per heavy atom. The van der Waals surface area contributed by atoms with Gasteiger partial charge in [0.25, 0.3) is 0 Å². The second-order valence-corrected chi connectivity index (χ2v) is 7.91. The van der Waals surface area contributed by atoms with Crippen molar-refractivity contribution in [2.75, 3.05) is 5.75 Å². The topological polar surface area (TPSA) is 123 Å². The van der Waals surface area contributed by atoms with Crippen LogP contribution in [0, 0.1) is 0 Å². The summed E-state index contributed by atoms with van der Waals surface area (Å²) < 4.78 is 64.8. The summed E-state index contributed by atoms with van der Waals surface area (Å²) in [7, 11) is -2.29. The van der Waals surface area contributed by atoms with E-state index >= 15 is 0 Å². The van der Waals surface area contributed by atoms with Crippen molar-refractivity contribution in [1.29, 1.82) is 0 Å². The first kappa shape index (κ1) is 19.7. The SMILES string of the molecule is CCS(=O)(=O)c1ccc(C=NO)nc1-c1nc2cc(C(F)(F)F)nnc2n1C. The minimum atomic E-state index is -4.70. The molecule has 9 nitrogen and oxygen atoms in total. The molecule has 3 aromatic heterocycles. The van der Waals surface area contributed by atoms with Crippen LogP contribution in [0.25, 0.3) is 22.7 Å². The molecule has 3 aromatic rings. The number of nitrogens with zero attached hydrogens (tertiary/aromatic N) is 6. The second-order valence-electron chi connectivity index (χ2n) is 5.66. The molecule has 0 fully saturated rings. The van der Waals surface area contributed by atoms with E-state index in [-0.39, 0.29) is 39.0 Å². The van der Waals surface area contributed by atoms with Crippen molar-refractivity contribution in [3.63, 3.8) is 0 Å². The van der Waals surface area contributed by atoms with Gasteiger partial charge in [-0.15, -0.1) is 10.2 Å². The van der Waals surface area contributed by atoms with Gasteiger partial charge in [-0.2, -0.15) is 13.2 Å². The molecular formula is C15H13F3N6O3S. The molecule has 0 spiro atoms. The molecule has 13 heteroatoms. The molecular weight excluding hydrogens is 401 g/mol. The molecule has 3 rings (SSSR count). The molecule has 0 aliphatic heterocycles. The summed E-state index contributed by atoms with van der Waals surface area (Å²) in [4.78, 5) is 8.07. The number of imidazole rings is 1. The second kappa shape index (κ2) is 6.82. The molecule has 0 aromatic carbocycles. The third-order valence-corrected chi connectivity index (χ3v) is 5.66. The monoisotopic (exact) mass is 414 g/mol. The number of halogens is 3. The van der Waals surface area contributed by atoms with E-state index < -0.39 is 21.7 Å². The maximum absolute atomic E-state index is 12.9. The van der Waals surface area contributed by atoms with Crippen LogP contribution in [0.4, 0.5) is 13.2 Å².